The van der Waals surface area contributed by atoms with Crippen molar-refractivity contribution in [2.45, 2.75) is 50.8 Å². The summed E-state index contributed by atoms with van der Waals surface area (Å²) >= 11 is 3.41. The summed E-state index contributed by atoms with van der Waals surface area (Å²) in [5.74, 6) is 0.416. The van der Waals surface area contributed by atoms with Crippen LogP contribution in [0.25, 0.3) is 0 Å². The van der Waals surface area contributed by atoms with E-state index in [9.17, 15) is 14.4 Å². The van der Waals surface area contributed by atoms with Crippen LogP contribution in [-0.4, -0.2) is 51.5 Å². The molecule has 1 atom stereocenters. The zero-order valence-electron chi connectivity index (χ0n) is 14.6. The summed E-state index contributed by atoms with van der Waals surface area (Å²) in [6, 6.07) is 0.800. The van der Waals surface area contributed by atoms with Crippen LogP contribution >= 0.6 is 15.9 Å². The van der Waals surface area contributed by atoms with Gasteiger partial charge in [0.15, 0.2) is 0 Å². The Hall–Kier alpha value is -1.83. The van der Waals surface area contributed by atoms with Crippen LogP contribution in [0.15, 0.2) is 21.5 Å². The standard InChI is InChI=1S/C17H22BrN3O4/c1-10-16(23)21(17(24)20(10)3)11-4-6-12(7-5-11)25-14-8-15(22)19(2)9-13(14)18/h8-12H,4-7H2,1-3H3/t10-,11-,12-/m0/s1. The zero-order chi connectivity index (χ0) is 18.3. The van der Waals surface area contributed by atoms with Gasteiger partial charge in [0.25, 0.3) is 11.5 Å². The van der Waals surface area contributed by atoms with Gasteiger partial charge in [-0.05, 0) is 48.5 Å². The van der Waals surface area contributed by atoms with E-state index in [-0.39, 0.29) is 29.6 Å². The fourth-order valence-electron chi connectivity index (χ4n) is 3.40. The lowest BCUT2D eigenvalue weighted by molar-refractivity contribution is -0.130. The number of nitrogens with zero attached hydrogens (tertiary/aromatic N) is 3. The average Bonchev–Trinajstić information content (AvgIpc) is 2.77. The normalized spacial score (nSPS) is 27.1. The van der Waals surface area contributed by atoms with E-state index >= 15 is 0 Å². The molecule has 1 aliphatic carbocycles. The quantitative estimate of drug-likeness (QED) is 0.714. The van der Waals surface area contributed by atoms with Gasteiger partial charge in [-0.15, -0.1) is 0 Å². The van der Waals surface area contributed by atoms with Crippen LogP contribution in [0.4, 0.5) is 4.79 Å². The minimum absolute atomic E-state index is 0.0254. The lowest BCUT2D eigenvalue weighted by Crippen LogP contribution is -2.44. The second-order valence-electron chi connectivity index (χ2n) is 6.76. The molecule has 0 radical (unpaired) electrons. The van der Waals surface area contributed by atoms with Crippen molar-refractivity contribution >= 4 is 27.9 Å². The zero-order valence-corrected chi connectivity index (χ0v) is 16.2. The fraction of sp³-hybridized carbons (Fsp3) is 0.588. The van der Waals surface area contributed by atoms with E-state index < -0.39 is 6.04 Å². The van der Waals surface area contributed by atoms with E-state index in [1.165, 1.54) is 20.4 Å². The van der Waals surface area contributed by atoms with Gasteiger partial charge in [-0.2, -0.15) is 0 Å². The second kappa shape index (κ2) is 6.82. The van der Waals surface area contributed by atoms with Crippen molar-refractivity contribution in [2.24, 2.45) is 7.05 Å². The average molecular weight is 412 g/mol. The first-order chi connectivity index (χ1) is 11.8. The first-order valence-corrected chi connectivity index (χ1v) is 9.21. The second-order valence-corrected chi connectivity index (χ2v) is 7.62. The molecule has 136 valence electrons. The van der Waals surface area contributed by atoms with Crippen LogP contribution in [0.3, 0.4) is 0 Å². The molecule has 8 heteroatoms. The molecule has 7 nitrogen and oxygen atoms in total. The number of hydrogen-bond donors (Lipinski definition) is 0. The van der Waals surface area contributed by atoms with Crippen LogP contribution < -0.4 is 10.3 Å². The Morgan fingerprint density at radius 2 is 1.76 bits per heavy atom. The number of pyridine rings is 1. The van der Waals surface area contributed by atoms with Crippen molar-refractivity contribution in [3.8, 4) is 5.75 Å². The summed E-state index contributed by atoms with van der Waals surface area (Å²) in [5.41, 5.74) is -0.128. The molecule has 2 aliphatic rings. The summed E-state index contributed by atoms with van der Waals surface area (Å²) in [7, 11) is 3.34. The van der Waals surface area contributed by atoms with E-state index in [1.54, 1.807) is 27.2 Å². The van der Waals surface area contributed by atoms with Gasteiger partial charge in [0, 0.05) is 32.4 Å². The van der Waals surface area contributed by atoms with Gasteiger partial charge in [0.05, 0.1) is 10.6 Å². The molecular weight excluding hydrogens is 390 g/mol. The van der Waals surface area contributed by atoms with Crippen molar-refractivity contribution in [1.29, 1.82) is 0 Å². The van der Waals surface area contributed by atoms with Crippen molar-refractivity contribution < 1.29 is 14.3 Å². The topological polar surface area (TPSA) is 71.8 Å². The number of aromatic nitrogens is 1. The number of urea groups is 1. The smallest absolute Gasteiger partial charge is 0.327 e. The Bertz CT molecular complexity index is 735. The van der Waals surface area contributed by atoms with Crippen molar-refractivity contribution in [3.63, 3.8) is 0 Å². The predicted molar refractivity (Wildman–Crippen MR) is 95.5 cm³/mol. The molecule has 0 bridgehead atoms. The van der Waals surface area contributed by atoms with Gasteiger partial charge in [0.2, 0.25) is 0 Å². The summed E-state index contributed by atoms with van der Waals surface area (Å²) in [4.78, 5) is 39.2. The first-order valence-electron chi connectivity index (χ1n) is 8.42. The number of ether oxygens (including phenoxy) is 1. The van der Waals surface area contributed by atoms with Gasteiger partial charge < -0.3 is 14.2 Å². The van der Waals surface area contributed by atoms with Crippen LogP contribution in [0.1, 0.15) is 32.6 Å². The minimum atomic E-state index is -0.391. The van der Waals surface area contributed by atoms with Gasteiger partial charge in [-0.25, -0.2) is 4.79 Å². The van der Waals surface area contributed by atoms with Crippen LogP contribution in [-0.2, 0) is 11.8 Å². The molecule has 0 N–H and O–H groups in total. The molecule has 2 fully saturated rings. The molecule has 1 aromatic heterocycles. The molecule has 3 rings (SSSR count). The first kappa shape index (κ1) is 18.0. The number of imide groups is 1. The number of carbonyl (C=O) groups is 2. The van der Waals surface area contributed by atoms with Crippen molar-refractivity contribution in [3.05, 3.63) is 27.1 Å². The summed E-state index contributed by atoms with van der Waals surface area (Å²) in [5, 5.41) is 0. The third-order valence-electron chi connectivity index (χ3n) is 5.13. The summed E-state index contributed by atoms with van der Waals surface area (Å²) in [6.07, 6.45) is 4.56. The van der Waals surface area contributed by atoms with Crippen LogP contribution in [0, 0.1) is 0 Å². The van der Waals surface area contributed by atoms with Gasteiger partial charge in [0.1, 0.15) is 11.8 Å². The molecule has 0 spiro atoms. The maximum absolute atomic E-state index is 12.3. The van der Waals surface area contributed by atoms with E-state index in [0.29, 0.717) is 18.6 Å². The number of halogens is 1. The fourth-order valence-corrected chi connectivity index (χ4v) is 3.92. The summed E-state index contributed by atoms with van der Waals surface area (Å²) in [6.45, 7) is 1.75. The van der Waals surface area contributed by atoms with Crippen LogP contribution in [0.2, 0.25) is 0 Å². The molecule has 25 heavy (non-hydrogen) atoms. The molecule has 1 aromatic rings. The Labute approximate surface area is 154 Å². The van der Waals surface area contributed by atoms with Crippen molar-refractivity contribution in [2.75, 3.05) is 7.05 Å². The molecule has 1 aliphatic heterocycles. The van der Waals surface area contributed by atoms with E-state index in [4.69, 9.17) is 4.74 Å². The molecule has 1 saturated carbocycles. The Kier molecular flexibility index (Phi) is 4.90. The van der Waals surface area contributed by atoms with E-state index in [1.807, 2.05) is 0 Å². The van der Waals surface area contributed by atoms with Crippen molar-refractivity contribution in [1.82, 2.24) is 14.4 Å². The molecule has 0 aromatic carbocycles. The number of aryl methyl sites for hydroxylation is 1. The highest BCUT2D eigenvalue weighted by Crippen LogP contribution is 2.32. The third kappa shape index (κ3) is 3.31. The van der Waals surface area contributed by atoms with E-state index in [0.717, 1.165) is 17.3 Å². The maximum atomic E-state index is 12.3. The summed E-state index contributed by atoms with van der Waals surface area (Å²) < 4.78 is 8.19. The molecular formula is C17H22BrN3O4. The Morgan fingerprint density at radius 1 is 1.12 bits per heavy atom. The third-order valence-corrected chi connectivity index (χ3v) is 5.73. The Morgan fingerprint density at radius 3 is 2.32 bits per heavy atom. The molecule has 2 heterocycles. The van der Waals surface area contributed by atoms with E-state index in [2.05, 4.69) is 15.9 Å². The number of carbonyl (C=O) groups excluding carboxylic acids is 2. The van der Waals surface area contributed by atoms with Gasteiger partial charge in [-0.3, -0.25) is 14.5 Å². The number of likely N-dealkylation sites (N-methyl/N-ethyl adjacent to an activating group) is 1. The lowest BCUT2D eigenvalue weighted by Gasteiger charge is -2.33. The highest BCUT2D eigenvalue weighted by atomic mass is 79.9. The SMILES string of the molecule is C[C@H]1C(=O)N([C@H]2CC[C@H](Oc3cc(=O)n(C)cc3Br)CC2)C(=O)N1C. The molecule has 3 amide bonds. The predicted octanol–water partition coefficient (Wildman–Crippen LogP) is 2.12. The number of rotatable bonds is 3. The maximum Gasteiger partial charge on any atom is 0.327 e. The highest BCUT2D eigenvalue weighted by Gasteiger charge is 2.44. The molecule has 0 unspecified atom stereocenters. The molecule has 1 saturated heterocycles. The number of amides is 3. The largest absolute Gasteiger partial charge is 0.489 e. The van der Waals surface area contributed by atoms with Crippen LogP contribution in [0.5, 0.6) is 5.75 Å². The van der Waals surface area contributed by atoms with Gasteiger partial charge >= 0.3 is 6.03 Å². The minimum Gasteiger partial charge on any atom is -0.489 e. The number of hydrogen-bond acceptors (Lipinski definition) is 4. The monoisotopic (exact) mass is 411 g/mol. The lowest BCUT2D eigenvalue weighted by atomic mass is 9.92. The Balaban J connectivity index is 1.63. The van der Waals surface area contributed by atoms with Gasteiger partial charge in [-0.1, -0.05) is 0 Å². The highest BCUT2D eigenvalue weighted by molar-refractivity contribution is 9.10.